The van der Waals surface area contributed by atoms with Crippen molar-refractivity contribution in [3.05, 3.63) is 0 Å². The molecule has 0 atom stereocenters. The molecule has 0 unspecified atom stereocenters. The van der Waals surface area contributed by atoms with E-state index in [1.807, 2.05) is 0 Å². The van der Waals surface area contributed by atoms with Crippen molar-refractivity contribution in [1.82, 2.24) is 4.90 Å². The van der Waals surface area contributed by atoms with E-state index in [0.717, 1.165) is 0 Å². The Kier molecular flexibility index (Phi) is 6.14. The molecule has 10 heavy (non-hydrogen) atoms. The van der Waals surface area contributed by atoms with Gasteiger partial charge in [-0.3, -0.25) is 0 Å². The lowest BCUT2D eigenvalue weighted by molar-refractivity contribution is 0.229. The lowest BCUT2D eigenvalue weighted by atomic mass is 10.1. The zero-order valence-corrected chi connectivity index (χ0v) is 7.62. The van der Waals surface area contributed by atoms with Gasteiger partial charge in [-0.1, -0.05) is 13.3 Å². The topological polar surface area (TPSA) is 3.24 Å². The summed E-state index contributed by atoms with van der Waals surface area (Å²) < 4.78 is 0. The van der Waals surface area contributed by atoms with Crippen LogP contribution in [0.2, 0.25) is 0 Å². The van der Waals surface area contributed by atoms with Crippen LogP contribution in [0.15, 0.2) is 0 Å². The number of hydrogen-bond acceptors (Lipinski definition) is 1. The third-order valence-corrected chi connectivity index (χ3v) is 1.99. The van der Waals surface area contributed by atoms with Gasteiger partial charge >= 0.3 is 0 Å². The molecule has 2 heteroatoms. The van der Waals surface area contributed by atoms with E-state index in [9.17, 15) is 0 Å². The van der Waals surface area contributed by atoms with Gasteiger partial charge < -0.3 is 4.90 Å². The van der Waals surface area contributed by atoms with Crippen molar-refractivity contribution in [1.29, 1.82) is 0 Å². The lowest BCUT2D eigenvalue weighted by Crippen LogP contribution is -2.30. The molecule has 0 spiro atoms. The van der Waals surface area contributed by atoms with Crippen LogP contribution in [0, 0.1) is 0 Å². The molecule has 1 rings (SSSR count). The van der Waals surface area contributed by atoms with E-state index >= 15 is 0 Å². The van der Waals surface area contributed by atoms with Gasteiger partial charge in [0.25, 0.3) is 0 Å². The van der Waals surface area contributed by atoms with Crippen LogP contribution in [-0.2, 0) is 0 Å². The van der Waals surface area contributed by atoms with Crippen molar-refractivity contribution in [2.45, 2.75) is 32.6 Å². The normalized spacial score (nSPS) is 20.1. The Balaban J connectivity index is 0.000000810. The highest BCUT2D eigenvalue weighted by molar-refractivity contribution is 5.85. The molecule has 1 fully saturated rings. The molecule has 1 saturated heterocycles. The van der Waals surface area contributed by atoms with E-state index in [1.54, 1.807) is 0 Å². The third kappa shape index (κ3) is 3.43. The van der Waals surface area contributed by atoms with Crippen LogP contribution in [0.25, 0.3) is 0 Å². The molecule has 1 aliphatic rings. The van der Waals surface area contributed by atoms with Crippen molar-refractivity contribution >= 4 is 12.4 Å². The summed E-state index contributed by atoms with van der Waals surface area (Å²) in [6.45, 7) is 6.29. The van der Waals surface area contributed by atoms with E-state index in [0.29, 0.717) is 0 Å². The first-order valence-electron chi connectivity index (χ1n) is 4.16. The van der Waals surface area contributed by atoms with Gasteiger partial charge in [-0.2, -0.15) is 0 Å². The highest BCUT2D eigenvalue weighted by Gasteiger charge is 2.07. The summed E-state index contributed by atoms with van der Waals surface area (Å²) in [5, 5.41) is 0. The Morgan fingerprint density at radius 2 is 1.70 bits per heavy atom. The summed E-state index contributed by atoms with van der Waals surface area (Å²) in [4.78, 5) is 2.57. The maximum atomic E-state index is 2.57. The number of nitrogens with zero attached hydrogens (tertiary/aromatic N) is 1. The molecule has 0 aromatic carbocycles. The number of hydrogen-bond donors (Lipinski definition) is 0. The van der Waals surface area contributed by atoms with Gasteiger partial charge in [0, 0.05) is 0 Å². The fourth-order valence-electron chi connectivity index (χ4n) is 1.50. The fourth-order valence-corrected chi connectivity index (χ4v) is 1.50. The fraction of sp³-hybridized carbons (Fsp3) is 1.00. The largest absolute Gasteiger partial charge is 0.303 e. The van der Waals surface area contributed by atoms with Gasteiger partial charge in [0.2, 0.25) is 0 Å². The second-order valence-corrected chi connectivity index (χ2v) is 2.90. The van der Waals surface area contributed by atoms with Crippen molar-refractivity contribution in [3.63, 3.8) is 0 Å². The van der Waals surface area contributed by atoms with Crippen molar-refractivity contribution in [2.24, 2.45) is 0 Å². The first-order chi connectivity index (χ1) is 4.43. The van der Waals surface area contributed by atoms with E-state index in [1.165, 1.54) is 45.3 Å². The van der Waals surface area contributed by atoms with Crippen LogP contribution in [0.4, 0.5) is 0 Å². The van der Waals surface area contributed by atoms with Crippen LogP contribution < -0.4 is 0 Å². The summed E-state index contributed by atoms with van der Waals surface area (Å²) in [6, 6.07) is 0. The van der Waals surface area contributed by atoms with Gasteiger partial charge in [0.05, 0.1) is 0 Å². The van der Waals surface area contributed by atoms with Crippen LogP contribution in [0.3, 0.4) is 0 Å². The van der Waals surface area contributed by atoms with Crippen molar-refractivity contribution in [2.75, 3.05) is 19.6 Å². The Morgan fingerprint density at radius 3 is 2.20 bits per heavy atom. The highest BCUT2D eigenvalue weighted by atomic mass is 35.5. The highest BCUT2D eigenvalue weighted by Crippen LogP contribution is 2.07. The van der Waals surface area contributed by atoms with Crippen molar-refractivity contribution < 1.29 is 0 Å². The summed E-state index contributed by atoms with van der Waals surface area (Å²) >= 11 is 0. The first kappa shape index (κ1) is 10.2. The summed E-state index contributed by atoms with van der Waals surface area (Å²) in [5.41, 5.74) is 0. The number of halogens is 1. The van der Waals surface area contributed by atoms with E-state index < -0.39 is 0 Å². The molecule has 1 nitrogen and oxygen atoms in total. The zero-order chi connectivity index (χ0) is 6.53. The van der Waals surface area contributed by atoms with E-state index in [4.69, 9.17) is 0 Å². The van der Waals surface area contributed by atoms with Gasteiger partial charge in [0.15, 0.2) is 0 Å². The molecule has 0 N–H and O–H groups in total. The molecular formula is C8H18ClN. The minimum Gasteiger partial charge on any atom is -0.303 e. The maximum absolute atomic E-state index is 2.57. The lowest BCUT2D eigenvalue weighted by Gasteiger charge is -2.25. The molecule has 0 saturated carbocycles. The van der Waals surface area contributed by atoms with E-state index in [-0.39, 0.29) is 12.4 Å². The third-order valence-electron chi connectivity index (χ3n) is 1.99. The smallest absolute Gasteiger partial charge is 0.00187 e. The standard InChI is InChI=1S/C8H17N.ClH/c1-2-6-9-7-4-3-5-8-9;/h2-8H2,1H3;1H. The average Bonchev–Trinajstić information content (AvgIpc) is 1.91. The molecule has 1 heterocycles. The Labute approximate surface area is 70.2 Å². The first-order valence-corrected chi connectivity index (χ1v) is 4.16. The van der Waals surface area contributed by atoms with Gasteiger partial charge in [0.1, 0.15) is 0 Å². The van der Waals surface area contributed by atoms with Gasteiger partial charge in [-0.05, 0) is 38.9 Å². The Hall–Kier alpha value is 0.250. The molecular weight excluding hydrogens is 146 g/mol. The predicted molar refractivity (Wildman–Crippen MR) is 47.8 cm³/mol. The van der Waals surface area contributed by atoms with Crippen LogP contribution in [0.5, 0.6) is 0 Å². The van der Waals surface area contributed by atoms with Gasteiger partial charge in [-0.25, -0.2) is 0 Å². The average molecular weight is 164 g/mol. The number of piperidine rings is 1. The summed E-state index contributed by atoms with van der Waals surface area (Å²) in [7, 11) is 0. The minimum atomic E-state index is 0. The second-order valence-electron chi connectivity index (χ2n) is 2.90. The predicted octanol–water partition coefficient (Wildman–Crippen LogP) is 2.30. The summed E-state index contributed by atoms with van der Waals surface area (Å²) in [6.07, 6.45) is 5.64. The monoisotopic (exact) mass is 163 g/mol. The SMILES string of the molecule is CCCN1CCCCC1.Cl. The van der Waals surface area contributed by atoms with Crippen molar-refractivity contribution in [3.8, 4) is 0 Å². The van der Waals surface area contributed by atoms with Crippen LogP contribution in [0.1, 0.15) is 32.6 Å². The molecule has 0 bridgehead atoms. The molecule has 0 radical (unpaired) electrons. The number of rotatable bonds is 2. The molecule has 1 aliphatic heterocycles. The Morgan fingerprint density at radius 1 is 1.10 bits per heavy atom. The zero-order valence-electron chi connectivity index (χ0n) is 6.81. The molecule has 0 aromatic rings. The van der Waals surface area contributed by atoms with Crippen LogP contribution in [-0.4, -0.2) is 24.5 Å². The number of likely N-dealkylation sites (tertiary alicyclic amines) is 1. The summed E-state index contributed by atoms with van der Waals surface area (Å²) in [5.74, 6) is 0. The minimum absolute atomic E-state index is 0. The molecule has 0 aromatic heterocycles. The molecule has 0 amide bonds. The van der Waals surface area contributed by atoms with Crippen LogP contribution >= 0.6 is 12.4 Å². The molecule has 62 valence electrons. The Bertz CT molecular complexity index is 66.9. The van der Waals surface area contributed by atoms with E-state index in [2.05, 4.69) is 11.8 Å². The maximum Gasteiger partial charge on any atom is -0.00187 e. The quantitative estimate of drug-likeness (QED) is 0.604. The van der Waals surface area contributed by atoms with Gasteiger partial charge in [-0.15, -0.1) is 12.4 Å². The molecule has 0 aliphatic carbocycles. The second kappa shape index (κ2) is 5.99.